The van der Waals surface area contributed by atoms with Gasteiger partial charge in [-0.3, -0.25) is 4.79 Å². The van der Waals surface area contributed by atoms with E-state index < -0.39 is 12.1 Å². The van der Waals surface area contributed by atoms with Gasteiger partial charge in [-0.25, -0.2) is 0 Å². The smallest absolute Gasteiger partial charge is 0.220 e. The van der Waals surface area contributed by atoms with Gasteiger partial charge >= 0.3 is 0 Å². The molecular weight excluding hydrogens is 434 g/mol. The van der Waals surface area contributed by atoms with Crippen molar-refractivity contribution in [3.8, 4) is 0 Å². The number of allylic oxidation sites excluding steroid dienone is 6. The zero-order chi connectivity index (χ0) is 25.8. The van der Waals surface area contributed by atoms with E-state index in [4.69, 9.17) is 0 Å². The third-order valence-corrected chi connectivity index (χ3v) is 6.42. The molecule has 0 bridgehead atoms. The van der Waals surface area contributed by atoms with Crippen molar-refractivity contribution in [1.29, 1.82) is 0 Å². The quantitative estimate of drug-likeness (QED) is 0.0896. The van der Waals surface area contributed by atoms with Crippen LogP contribution in [0, 0.1) is 0 Å². The van der Waals surface area contributed by atoms with Crippen molar-refractivity contribution in [2.24, 2.45) is 0 Å². The number of rotatable bonds is 25. The van der Waals surface area contributed by atoms with Crippen LogP contribution in [0.15, 0.2) is 36.5 Å². The molecule has 0 aliphatic carbocycles. The first-order valence-electron chi connectivity index (χ1n) is 14.7. The summed E-state index contributed by atoms with van der Waals surface area (Å²) in [6.07, 6.45) is 33.3. The van der Waals surface area contributed by atoms with Gasteiger partial charge in [-0.1, -0.05) is 121 Å². The molecule has 0 aromatic carbocycles. The van der Waals surface area contributed by atoms with E-state index in [0.29, 0.717) is 12.8 Å². The molecule has 0 spiro atoms. The van der Waals surface area contributed by atoms with Gasteiger partial charge < -0.3 is 15.5 Å². The Morgan fingerprint density at radius 3 is 1.89 bits per heavy atom. The molecule has 4 heteroatoms. The van der Waals surface area contributed by atoms with Crippen LogP contribution in [-0.4, -0.2) is 34.9 Å². The number of hydrogen-bond acceptors (Lipinski definition) is 3. The summed E-state index contributed by atoms with van der Waals surface area (Å²) in [5.74, 6) is -0.0554. The summed E-state index contributed by atoms with van der Waals surface area (Å²) in [6.45, 7) is 4.18. The van der Waals surface area contributed by atoms with Crippen LogP contribution in [0.25, 0.3) is 0 Å². The molecule has 2 atom stereocenters. The monoisotopic (exact) mass is 491 g/mol. The second kappa shape index (κ2) is 27.2. The number of aliphatic hydroxyl groups excluding tert-OH is 2. The number of amides is 1. The van der Waals surface area contributed by atoms with E-state index in [0.717, 1.165) is 57.8 Å². The van der Waals surface area contributed by atoms with Crippen LogP contribution >= 0.6 is 0 Å². The Kier molecular flexibility index (Phi) is 26.1. The standard InChI is InChI=1S/C31H57NO3/c1-3-5-7-9-11-13-14-15-16-17-18-19-21-23-25-27-31(35)32-29(28-33)30(34)26-24-22-20-12-10-8-6-4-2/h5,7,11,13,15-16,29-30,33-34H,3-4,6,8-10,12,14,17-28H2,1-2H3,(H,32,35)/b7-5-,13-11-,16-15-. The van der Waals surface area contributed by atoms with Crippen molar-refractivity contribution in [3.63, 3.8) is 0 Å². The molecule has 0 radical (unpaired) electrons. The van der Waals surface area contributed by atoms with Gasteiger partial charge in [0.05, 0.1) is 18.8 Å². The molecule has 0 saturated carbocycles. The molecule has 4 nitrogen and oxygen atoms in total. The normalized spacial score (nSPS) is 13.8. The average Bonchev–Trinajstić information content (AvgIpc) is 2.86. The predicted molar refractivity (Wildman–Crippen MR) is 152 cm³/mol. The van der Waals surface area contributed by atoms with Crippen LogP contribution in [0.4, 0.5) is 0 Å². The van der Waals surface area contributed by atoms with Crippen LogP contribution in [0.1, 0.15) is 136 Å². The summed E-state index contributed by atoms with van der Waals surface area (Å²) < 4.78 is 0. The highest BCUT2D eigenvalue weighted by Gasteiger charge is 2.19. The van der Waals surface area contributed by atoms with Crippen molar-refractivity contribution in [3.05, 3.63) is 36.5 Å². The Morgan fingerprint density at radius 2 is 1.26 bits per heavy atom. The first kappa shape index (κ1) is 33.6. The molecule has 2 unspecified atom stereocenters. The predicted octanol–water partition coefficient (Wildman–Crippen LogP) is 7.94. The van der Waals surface area contributed by atoms with Crippen LogP contribution in [0.2, 0.25) is 0 Å². The highest BCUT2D eigenvalue weighted by Crippen LogP contribution is 2.13. The second-order valence-corrected chi connectivity index (χ2v) is 9.79. The number of aliphatic hydroxyl groups is 2. The third-order valence-electron chi connectivity index (χ3n) is 6.42. The van der Waals surface area contributed by atoms with Gasteiger partial charge in [0.15, 0.2) is 0 Å². The number of hydrogen-bond donors (Lipinski definition) is 3. The molecule has 204 valence electrons. The summed E-state index contributed by atoms with van der Waals surface area (Å²) in [6, 6.07) is -0.540. The van der Waals surface area contributed by atoms with E-state index in [1.54, 1.807) is 0 Å². The molecule has 0 aliphatic rings. The van der Waals surface area contributed by atoms with E-state index in [2.05, 4.69) is 55.6 Å². The van der Waals surface area contributed by atoms with E-state index >= 15 is 0 Å². The fourth-order valence-corrected chi connectivity index (χ4v) is 4.14. The van der Waals surface area contributed by atoms with Crippen molar-refractivity contribution in [1.82, 2.24) is 5.32 Å². The van der Waals surface area contributed by atoms with Gasteiger partial charge in [0, 0.05) is 6.42 Å². The fraction of sp³-hybridized carbons (Fsp3) is 0.774. The number of nitrogens with one attached hydrogen (secondary N) is 1. The molecule has 0 fully saturated rings. The Labute approximate surface area is 217 Å². The minimum atomic E-state index is -0.662. The number of unbranched alkanes of at least 4 members (excludes halogenated alkanes) is 12. The molecule has 3 N–H and O–H groups in total. The zero-order valence-electron chi connectivity index (χ0n) is 23.1. The Hall–Kier alpha value is -1.39. The Morgan fingerprint density at radius 1 is 0.714 bits per heavy atom. The summed E-state index contributed by atoms with van der Waals surface area (Å²) in [5.41, 5.74) is 0. The van der Waals surface area contributed by atoms with Crippen LogP contribution in [0.5, 0.6) is 0 Å². The highest BCUT2D eigenvalue weighted by atomic mass is 16.3. The lowest BCUT2D eigenvalue weighted by Crippen LogP contribution is -2.45. The fourth-order valence-electron chi connectivity index (χ4n) is 4.14. The van der Waals surface area contributed by atoms with Crippen molar-refractivity contribution < 1.29 is 15.0 Å². The maximum absolute atomic E-state index is 12.2. The summed E-state index contributed by atoms with van der Waals surface area (Å²) >= 11 is 0. The molecule has 0 aliphatic heterocycles. The Bertz CT molecular complexity index is 541. The lowest BCUT2D eigenvalue weighted by atomic mass is 10.0. The first-order chi connectivity index (χ1) is 17.2. The van der Waals surface area contributed by atoms with Gasteiger partial charge in [0.1, 0.15) is 0 Å². The third kappa shape index (κ3) is 24.1. The van der Waals surface area contributed by atoms with E-state index in [1.165, 1.54) is 51.4 Å². The van der Waals surface area contributed by atoms with E-state index in [1.807, 2.05) is 0 Å². The maximum Gasteiger partial charge on any atom is 0.220 e. The van der Waals surface area contributed by atoms with Gasteiger partial charge in [-0.2, -0.15) is 0 Å². The molecule has 0 saturated heterocycles. The minimum absolute atomic E-state index is 0.0554. The first-order valence-corrected chi connectivity index (χ1v) is 14.7. The van der Waals surface area contributed by atoms with E-state index in [-0.39, 0.29) is 12.5 Å². The van der Waals surface area contributed by atoms with Crippen molar-refractivity contribution >= 4 is 5.91 Å². The van der Waals surface area contributed by atoms with E-state index in [9.17, 15) is 15.0 Å². The maximum atomic E-state index is 12.2. The topological polar surface area (TPSA) is 69.6 Å². The zero-order valence-corrected chi connectivity index (χ0v) is 23.1. The molecule has 0 aromatic heterocycles. The summed E-state index contributed by atoms with van der Waals surface area (Å²) in [7, 11) is 0. The SMILES string of the molecule is CC/C=C\C/C=C\C/C=C\CCCCCCCC(=O)NC(CO)C(O)CCCCCCCCCC. The van der Waals surface area contributed by atoms with Crippen LogP contribution in [-0.2, 0) is 4.79 Å². The second-order valence-electron chi connectivity index (χ2n) is 9.79. The Balaban J connectivity index is 3.67. The lowest BCUT2D eigenvalue weighted by molar-refractivity contribution is -0.123. The average molecular weight is 492 g/mol. The van der Waals surface area contributed by atoms with Gasteiger partial charge in [0.2, 0.25) is 5.91 Å². The van der Waals surface area contributed by atoms with Crippen molar-refractivity contribution in [2.45, 2.75) is 148 Å². The van der Waals surface area contributed by atoms with Gasteiger partial charge in [-0.15, -0.1) is 0 Å². The van der Waals surface area contributed by atoms with Gasteiger partial charge in [0.25, 0.3) is 0 Å². The molecule has 0 aromatic rings. The molecule has 1 amide bonds. The summed E-state index contributed by atoms with van der Waals surface area (Å²) in [5, 5.41) is 22.8. The van der Waals surface area contributed by atoms with Crippen LogP contribution < -0.4 is 5.32 Å². The molecule has 0 heterocycles. The van der Waals surface area contributed by atoms with Gasteiger partial charge in [-0.05, 0) is 44.9 Å². The number of carbonyl (C=O) groups is 1. The molecule has 35 heavy (non-hydrogen) atoms. The molecular formula is C31H57NO3. The molecule has 0 rings (SSSR count). The minimum Gasteiger partial charge on any atom is -0.394 e. The highest BCUT2D eigenvalue weighted by molar-refractivity contribution is 5.76. The number of carbonyl (C=O) groups excluding carboxylic acids is 1. The van der Waals surface area contributed by atoms with Crippen molar-refractivity contribution in [2.75, 3.05) is 6.61 Å². The lowest BCUT2D eigenvalue weighted by Gasteiger charge is -2.22. The summed E-state index contributed by atoms with van der Waals surface area (Å²) in [4.78, 5) is 12.2. The van der Waals surface area contributed by atoms with Crippen LogP contribution in [0.3, 0.4) is 0 Å². The largest absolute Gasteiger partial charge is 0.394 e.